The molecule has 0 aromatic heterocycles. The molecule has 0 saturated heterocycles. The summed E-state index contributed by atoms with van der Waals surface area (Å²) in [6.45, 7) is 0. The number of benzene rings is 4. The molecule has 0 amide bonds. The molecule has 4 rings (SSSR count). The maximum absolute atomic E-state index is 14.4. The zero-order valence-corrected chi connectivity index (χ0v) is 17.0. The van der Waals surface area contributed by atoms with E-state index in [2.05, 4.69) is 0 Å². The van der Waals surface area contributed by atoms with Crippen molar-refractivity contribution in [3.8, 4) is 33.8 Å². The van der Waals surface area contributed by atoms with Crippen LogP contribution in [0.15, 0.2) is 84.9 Å². The topological polar surface area (TPSA) is 35.5 Å². The maximum atomic E-state index is 14.4. The van der Waals surface area contributed by atoms with Crippen molar-refractivity contribution in [2.45, 2.75) is 0 Å². The molecule has 0 unspecified atom stereocenters. The van der Waals surface area contributed by atoms with Crippen molar-refractivity contribution >= 4 is 11.4 Å². The number of rotatable bonds is 6. The Hall–Kier alpha value is -3.65. The van der Waals surface area contributed by atoms with Crippen LogP contribution in [-0.4, -0.2) is 4.21 Å². The number of halogens is 4. The standard InChI is InChI=1S/C24H14F4O3S/c25-21-17(15-7-3-1-4-8-15)11-13-19(23(21)27)30-32(29)31-20-14-12-18(22(26)24(20)28)16-9-5-2-6-10-16/h1-14H. The first-order valence-corrected chi connectivity index (χ1v) is 10.3. The van der Waals surface area contributed by atoms with Gasteiger partial charge in [-0.1, -0.05) is 60.7 Å². The fraction of sp³-hybridized carbons (Fsp3) is 0. The largest absolute Gasteiger partial charge is 0.417 e. The Morgan fingerprint density at radius 3 is 1.25 bits per heavy atom. The van der Waals surface area contributed by atoms with Crippen LogP contribution in [0, 0.1) is 23.3 Å². The molecule has 32 heavy (non-hydrogen) atoms. The second kappa shape index (κ2) is 9.23. The second-order valence-corrected chi connectivity index (χ2v) is 7.32. The van der Waals surface area contributed by atoms with Gasteiger partial charge in [-0.25, -0.2) is 8.78 Å². The van der Waals surface area contributed by atoms with Gasteiger partial charge < -0.3 is 8.37 Å². The third-order valence-electron chi connectivity index (χ3n) is 4.58. The van der Waals surface area contributed by atoms with Crippen molar-refractivity contribution in [2.24, 2.45) is 0 Å². The molecule has 0 spiro atoms. The summed E-state index contributed by atoms with van der Waals surface area (Å²) >= 11 is -2.77. The van der Waals surface area contributed by atoms with Crippen LogP contribution in [0.1, 0.15) is 0 Å². The van der Waals surface area contributed by atoms with Crippen LogP contribution in [0.25, 0.3) is 22.3 Å². The highest BCUT2D eigenvalue weighted by molar-refractivity contribution is 7.75. The minimum Gasteiger partial charge on any atom is -0.368 e. The number of hydrogen-bond acceptors (Lipinski definition) is 3. The van der Waals surface area contributed by atoms with Gasteiger partial charge in [-0.3, -0.25) is 0 Å². The van der Waals surface area contributed by atoms with Gasteiger partial charge in [0.1, 0.15) is 0 Å². The van der Waals surface area contributed by atoms with Gasteiger partial charge in [-0.05, 0) is 35.4 Å². The molecule has 0 fully saturated rings. The van der Waals surface area contributed by atoms with E-state index in [-0.39, 0.29) is 11.1 Å². The lowest BCUT2D eigenvalue weighted by atomic mass is 10.0. The molecule has 0 aliphatic rings. The van der Waals surface area contributed by atoms with Gasteiger partial charge in [0.25, 0.3) is 0 Å². The van der Waals surface area contributed by atoms with E-state index >= 15 is 0 Å². The van der Waals surface area contributed by atoms with Crippen molar-refractivity contribution < 1.29 is 30.1 Å². The Morgan fingerprint density at radius 2 is 0.875 bits per heavy atom. The van der Waals surface area contributed by atoms with Gasteiger partial charge in [-0.2, -0.15) is 13.0 Å². The fourth-order valence-corrected chi connectivity index (χ4v) is 3.62. The molecular formula is C24H14F4O3S. The van der Waals surface area contributed by atoms with E-state index < -0.39 is 46.1 Å². The molecule has 0 saturated carbocycles. The summed E-state index contributed by atoms with van der Waals surface area (Å²) in [5.41, 5.74) is 0.825. The Kier molecular flexibility index (Phi) is 6.23. The lowest BCUT2D eigenvalue weighted by Crippen LogP contribution is -2.11. The van der Waals surface area contributed by atoms with Crippen LogP contribution in [-0.2, 0) is 11.4 Å². The van der Waals surface area contributed by atoms with E-state index in [1.54, 1.807) is 60.7 Å². The summed E-state index contributed by atoms with van der Waals surface area (Å²) in [5, 5.41) is 0. The molecular weight excluding hydrogens is 444 g/mol. The third kappa shape index (κ3) is 4.36. The first-order chi connectivity index (χ1) is 15.5. The minimum absolute atomic E-state index is 0.0215. The van der Waals surface area contributed by atoms with Crippen molar-refractivity contribution in [2.75, 3.05) is 0 Å². The van der Waals surface area contributed by atoms with Crippen LogP contribution in [0.5, 0.6) is 11.5 Å². The SMILES string of the molecule is O=S(Oc1ccc(-c2ccccc2)c(F)c1F)Oc1ccc(-c2ccccc2)c(F)c1F. The zero-order valence-electron chi connectivity index (χ0n) is 16.2. The predicted molar refractivity (Wildman–Crippen MR) is 113 cm³/mol. The molecule has 0 N–H and O–H groups in total. The van der Waals surface area contributed by atoms with E-state index in [1.165, 1.54) is 12.1 Å². The van der Waals surface area contributed by atoms with Gasteiger partial charge in [-0.15, -0.1) is 0 Å². The quantitative estimate of drug-likeness (QED) is 0.305. The fourth-order valence-electron chi connectivity index (χ4n) is 3.04. The van der Waals surface area contributed by atoms with E-state index in [0.29, 0.717) is 11.1 Å². The van der Waals surface area contributed by atoms with Crippen molar-refractivity contribution in [1.29, 1.82) is 0 Å². The Bertz CT molecular complexity index is 1180. The highest BCUT2D eigenvalue weighted by Gasteiger charge is 2.21. The Morgan fingerprint density at radius 1 is 0.500 bits per heavy atom. The molecule has 0 atom stereocenters. The minimum atomic E-state index is -2.77. The molecule has 0 bridgehead atoms. The summed E-state index contributed by atoms with van der Waals surface area (Å²) in [5.74, 6) is -6.63. The number of hydrogen-bond donors (Lipinski definition) is 0. The van der Waals surface area contributed by atoms with E-state index in [0.717, 1.165) is 12.1 Å². The van der Waals surface area contributed by atoms with Gasteiger partial charge in [0, 0.05) is 11.1 Å². The average molecular weight is 458 g/mol. The molecule has 3 nitrogen and oxygen atoms in total. The third-order valence-corrected chi connectivity index (χ3v) is 5.21. The lowest BCUT2D eigenvalue weighted by molar-refractivity contribution is 0.409. The van der Waals surface area contributed by atoms with Crippen LogP contribution < -0.4 is 8.37 Å². The summed E-state index contributed by atoms with van der Waals surface area (Å²) in [6, 6.07) is 21.1. The lowest BCUT2D eigenvalue weighted by Gasteiger charge is -2.11. The maximum Gasteiger partial charge on any atom is 0.417 e. The first-order valence-electron chi connectivity index (χ1n) is 9.31. The highest BCUT2D eigenvalue weighted by Crippen LogP contribution is 2.32. The molecule has 162 valence electrons. The molecule has 0 heterocycles. The summed E-state index contributed by atoms with van der Waals surface area (Å²) in [6.07, 6.45) is 0. The van der Waals surface area contributed by atoms with Crippen LogP contribution in [0.4, 0.5) is 17.6 Å². The highest BCUT2D eigenvalue weighted by atomic mass is 32.2. The summed E-state index contributed by atoms with van der Waals surface area (Å²) in [7, 11) is 0. The van der Waals surface area contributed by atoms with Crippen LogP contribution >= 0.6 is 0 Å². The van der Waals surface area contributed by atoms with E-state index in [1.807, 2.05) is 0 Å². The second-order valence-electron chi connectivity index (χ2n) is 6.58. The van der Waals surface area contributed by atoms with Crippen molar-refractivity contribution in [3.63, 3.8) is 0 Å². The molecule has 0 radical (unpaired) electrons. The summed E-state index contributed by atoms with van der Waals surface area (Å²) < 4.78 is 79.4. The molecule has 4 aromatic rings. The average Bonchev–Trinajstić information content (AvgIpc) is 2.81. The molecule has 8 heteroatoms. The molecule has 0 aliphatic carbocycles. The molecule has 4 aromatic carbocycles. The monoisotopic (exact) mass is 458 g/mol. The first kappa shape index (κ1) is 21.6. The van der Waals surface area contributed by atoms with Gasteiger partial charge in [0.05, 0.1) is 0 Å². The Labute approximate surface area is 183 Å². The normalized spacial score (nSPS) is 10.9. The summed E-state index contributed by atoms with van der Waals surface area (Å²) in [4.78, 5) is 0. The van der Waals surface area contributed by atoms with Crippen LogP contribution in [0.3, 0.4) is 0 Å². The Balaban J connectivity index is 1.53. The van der Waals surface area contributed by atoms with E-state index in [9.17, 15) is 21.8 Å². The predicted octanol–water partition coefficient (Wildman–Crippen LogP) is 6.61. The van der Waals surface area contributed by atoms with Crippen molar-refractivity contribution in [3.05, 3.63) is 108 Å². The van der Waals surface area contributed by atoms with Crippen molar-refractivity contribution in [1.82, 2.24) is 0 Å². The van der Waals surface area contributed by atoms with Gasteiger partial charge in [0.15, 0.2) is 23.1 Å². The zero-order chi connectivity index (χ0) is 22.7. The van der Waals surface area contributed by atoms with Crippen LogP contribution in [0.2, 0.25) is 0 Å². The van der Waals surface area contributed by atoms with Gasteiger partial charge in [0.2, 0.25) is 11.6 Å². The molecule has 0 aliphatic heterocycles. The van der Waals surface area contributed by atoms with Gasteiger partial charge >= 0.3 is 11.4 Å². The van der Waals surface area contributed by atoms with E-state index in [4.69, 9.17) is 8.37 Å². The smallest absolute Gasteiger partial charge is 0.368 e.